The summed E-state index contributed by atoms with van der Waals surface area (Å²) in [6.07, 6.45) is -10.2. The van der Waals surface area contributed by atoms with Gasteiger partial charge in [0, 0.05) is 118 Å². The third kappa shape index (κ3) is 16.7. The van der Waals surface area contributed by atoms with Gasteiger partial charge < -0.3 is 113 Å². The number of aliphatic hydroxyl groups excluding tert-OH is 3. The van der Waals surface area contributed by atoms with Gasteiger partial charge in [-0.3, -0.25) is 42.8 Å². The second kappa shape index (κ2) is 35.3. The van der Waals surface area contributed by atoms with Gasteiger partial charge in [0.2, 0.25) is 11.6 Å². The molecular formula is C77H90N4O32S. The molecule has 4 heterocycles. The number of amides is 2. The largest absolute Gasteiger partial charge is 0.507 e. The molecule has 36 nitrogen and oxygen atoms in total. The lowest BCUT2D eigenvalue weighted by Gasteiger charge is -2.43. The van der Waals surface area contributed by atoms with E-state index >= 15 is 0 Å². The van der Waals surface area contributed by atoms with Crippen LogP contribution in [-0.2, 0) is 84.2 Å². The molecule has 2 amide bonds. The molecule has 8 aliphatic rings. The van der Waals surface area contributed by atoms with Crippen molar-refractivity contribution in [2.24, 2.45) is 5.73 Å². The normalized spacial score (nSPS) is 25.9. The van der Waals surface area contributed by atoms with E-state index in [1.807, 2.05) is 6.92 Å². The number of aryl methyl sites for hydroxylation is 1. The van der Waals surface area contributed by atoms with Crippen molar-refractivity contribution >= 4 is 63.3 Å². The van der Waals surface area contributed by atoms with Crippen molar-refractivity contribution < 1.29 is 154 Å². The lowest BCUT2D eigenvalue weighted by Crippen LogP contribution is -2.57. The first-order chi connectivity index (χ1) is 54.2. The fourth-order valence-electron chi connectivity index (χ4n) is 15.6. The van der Waals surface area contributed by atoms with Crippen molar-refractivity contribution in [3.05, 3.63) is 133 Å². The molecule has 0 bridgehead atoms. The van der Waals surface area contributed by atoms with Crippen LogP contribution in [0.15, 0.2) is 65.6 Å². The Kier molecular flexibility index (Phi) is 26.4. The molecule has 0 aromatic heterocycles. The number of hydrogen-bond donors (Lipinski definition) is 10. The Balaban J connectivity index is 0.000000180. The number of ether oxygens (including phenoxy) is 11. The number of rotatable bonds is 23. The maximum atomic E-state index is 13.9. The van der Waals surface area contributed by atoms with Crippen molar-refractivity contribution in [2.45, 2.75) is 143 Å². The van der Waals surface area contributed by atoms with E-state index in [0.717, 1.165) is 10.5 Å². The number of ketones is 6. The highest BCUT2D eigenvalue weighted by Crippen LogP contribution is 2.55. The van der Waals surface area contributed by atoms with Crippen LogP contribution in [0.3, 0.4) is 0 Å². The summed E-state index contributed by atoms with van der Waals surface area (Å²) in [4.78, 5) is 120. The van der Waals surface area contributed by atoms with Crippen molar-refractivity contribution in [1.29, 1.82) is 0 Å². The SMILES string of the molecule is COCCOC(=O)N(CC=O)CCOS(=O)(=O)c1ccc(C)cc1.COCCOC(=O)N1CCN2C(C1)OC1C2C[C@H](O[C@H]2C[C@](O)(C(=O)CO)Cc3c(O)c4c(c(O)c32)C(=O)c2c(OC)cccc2C4=O)O[C@H]1C.COc1cccc2c1C(=O)c1c(O)c3c(c(O)c1C2=O)C[C@@](O)(C(=O)CO)C[C@@H]3O[C@H]1CC(N)C(O)[C@H](C)O1. The molecular weight excluding hydrogens is 1520 g/mol. The molecule has 37 heteroatoms. The van der Waals surface area contributed by atoms with Crippen LogP contribution in [0.2, 0.25) is 0 Å². The summed E-state index contributed by atoms with van der Waals surface area (Å²) >= 11 is 0. The summed E-state index contributed by atoms with van der Waals surface area (Å²) in [7, 11) is 1.71. The molecule has 11 N–H and O–H groups in total. The van der Waals surface area contributed by atoms with Gasteiger partial charge in [-0.05, 0) is 45.0 Å². The lowest BCUT2D eigenvalue weighted by atomic mass is 9.72. The highest BCUT2D eigenvalue weighted by atomic mass is 32.2. The minimum Gasteiger partial charge on any atom is -0.507 e. The Bertz CT molecular complexity index is 4660. The number of hydrogen-bond acceptors (Lipinski definition) is 34. The molecule has 5 unspecified atom stereocenters. The average Bonchev–Trinajstić information content (AvgIpc) is 0.784. The van der Waals surface area contributed by atoms with Gasteiger partial charge in [-0.1, -0.05) is 42.0 Å². The summed E-state index contributed by atoms with van der Waals surface area (Å²) in [5, 5.41) is 98.4. The summed E-state index contributed by atoms with van der Waals surface area (Å²) < 4.78 is 90.1. The number of phenols is 4. The number of phenolic OH excluding ortho intramolecular Hbond substituents is 4. The van der Waals surface area contributed by atoms with E-state index in [1.165, 1.54) is 77.0 Å². The number of carbonyl (C=O) groups excluding carboxylic acids is 9. The fourth-order valence-corrected chi connectivity index (χ4v) is 16.5. The number of aromatic hydroxyl groups is 4. The molecule has 5 aromatic carbocycles. The zero-order valence-electron chi connectivity index (χ0n) is 63.2. The second-order valence-electron chi connectivity index (χ2n) is 28.4. The maximum absolute atomic E-state index is 13.9. The van der Waals surface area contributed by atoms with Crippen molar-refractivity contribution in [3.8, 4) is 34.5 Å². The topological polar surface area (TPSA) is 516 Å². The first kappa shape index (κ1) is 85.4. The number of nitrogens with zero attached hydrogens (tertiary/aromatic N) is 3. The number of fused-ring (bicyclic) bond motifs is 9. The molecule has 0 saturated carbocycles. The molecule has 0 radical (unpaired) electrons. The van der Waals surface area contributed by atoms with Crippen LogP contribution in [0.4, 0.5) is 9.59 Å². The van der Waals surface area contributed by atoms with E-state index in [9.17, 15) is 97.5 Å². The van der Waals surface area contributed by atoms with Crippen LogP contribution in [0.5, 0.6) is 34.5 Å². The second-order valence-corrected chi connectivity index (χ2v) is 30.0. The highest BCUT2D eigenvalue weighted by molar-refractivity contribution is 7.86. The molecule has 0 spiro atoms. The Labute approximate surface area is 652 Å². The fraction of sp³-hybridized carbons (Fsp3) is 0.494. The zero-order chi connectivity index (χ0) is 82.7. The molecule has 5 aromatic rings. The van der Waals surface area contributed by atoms with E-state index in [-0.39, 0.29) is 139 Å². The third-order valence-corrected chi connectivity index (χ3v) is 22.7. The first-order valence-corrected chi connectivity index (χ1v) is 37.8. The van der Waals surface area contributed by atoms with E-state index in [1.54, 1.807) is 30.9 Å². The van der Waals surface area contributed by atoms with Crippen LogP contribution in [0, 0.1) is 6.92 Å². The smallest absolute Gasteiger partial charge is 0.410 e. The number of aliphatic hydroxyl groups is 5. The summed E-state index contributed by atoms with van der Waals surface area (Å²) in [6, 6.07) is 14.0. The van der Waals surface area contributed by atoms with Gasteiger partial charge in [0.25, 0.3) is 10.1 Å². The predicted octanol–water partition coefficient (Wildman–Crippen LogP) is 1.79. The summed E-state index contributed by atoms with van der Waals surface area (Å²) in [6.45, 7) is 4.36. The van der Waals surface area contributed by atoms with Gasteiger partial charge >= 0.3 is 12.2 Å². The minimum atomic E-state index is -3.92. The molecule has 13 atom stereocenters. The number of methoxy groups -OCH3 is 4. The van der Waals surface area contributed by atoms with Crippen LogP contribution >= 0.6 is 0 Å². The van der Waals surface area contributed by atoms with Gasteiger partial charge in [0.15, 0.2) is 35.7 Å². The summed E-state index contributed by atoms with van der Waals surface area (Å²) in [5.74, 6) is -7.49. The van der Waals surface area contributed by atoms with Crippen LogP contribution < -0.4 is 15.2 Å². The zero-order valence-corrected chi connectivity index (χ0v) is 64.0. The third-order valence-electron chi connectivity index (χ3n) is 21.4. The van der Waals surface area contributed by atoms with Crippen LogP contribution in [0.25, 0.3) is 0 Å². The number of Topliss-reactive ketones (excluding diaryl/α,β-unsaturated/α-hetero) is 2. The molecule has 4 aliphatic heterocycles. The molecule has 4 aliphatic carbocycles. The maximum Gasteiger partial charge on any atom is 0.410 e. The molecule has 4 saturated heterocycles. The first-order valence-electron chi connectivity index (χ1n) is 36.4. The molecule has 13 rings (SSSR count). The average molecular weight is 1620 g/mol. The van der Waals surface area contributed by atoms with Crippen molar-refractivity contribution in [3.63, 3.8) is 0 Å². The summed E-state index contributed by atoms with van der Waals surface area (Å²) in [5.41, 5.74) is -0.273. The Morgan fingerprint density at radius 3 is 1.61 bits per heavy atom. The molecule has 4 fully saturated rings. The number of benzene rings is 5. The molecule has 114 heavy (non-hydrogen) atoms. The number of carbonyl (C=O) groups is 9. The number of nitrogens with two attached hydrogens (primary N) is 1. The van der Waals surface area contributed by atoms with Crippen LogP contribution in [0.1, 0.15) is 143 Å². The van der Waals surface area contributed by atoms with Gasteiger partial charge in [-0.15, -0.1) is 0 Å². The van der Waals surface area contributed by atoms with Crippen molar-refractivity contribution in [2.75, 3.05) is 107 Å². The van der Waals surface area contributed by atoms with E-state index < -0.39 is 208 Å². The van der Waals surface area contributed by atoms with E-state index in [0.29, 0.717) is 19.4 Å². The van der Waals surface area contributed by atoms with Gasteiger partial charge in [0.05, 0.1) is 116 Å². The standard InChI is InChI=1S/C35H40N2O14.C27H29NO11.C15H21NO7S/c1-16-33-19(37-8-7-36(14-23(37)51-33)34(44)48-10-9-46-2)11-24(49-16)50-21-13-35(45,22(39)15-38)12-18-26(21)32(43)28-27(30(18)41)29(40)17-5-4-6-20(47-3)25(17)31(28)42;1-10-22(31)13(28)6-17(38-10)39-15-8-27(36,16(30)9-29)7-12-19(15)26(35)21-20(24(12)33)23(32)11-4-3-5-14(37-2)18(11)25(21)34;1-13-3-5-14(6-4-13)24(19,20)23-10-8-16(7-9-17)15(18)22-12-11-21-2/h4-6,16,19,21,23-24,33,38,41,43,45H,7-15H2,1-3H3;3-5,10,13,15,17,22,29,31,33,35-36H,6-9,28H2,1-2H3;3-6,9H,7-8,10-12H2,1-2H3/t16-,19?,21-,23?,24-,33?,35-;10-,13?,15-,17-,22?,27-;/m00./s1. The Morgan fingerprint density at radius 1 is 0.632 bits per heavy atom. The van der Waals surface area contributed by atoms with E-state index in [4.69, 9.17) is 62.0 Å². The Morgan fingerprint density at radius 2 is 1.12 bits per heavy atom. The lowest BCUT2D eigenvalue weighted by molar-refractivity contribution is -0.247. The predicted molar refractivity (Wildman–Crippen MR) is 389 cm³/mol. The minimum absolute atomic E-state index is 0.0173. The number of piperazine rings is 1. The van der Waals surface area contributed by atoms with Crippen LogP contribution in [-0.4, -0.2) is 296 Å². The number of aldehydes is 1. The van der Waals surface area contributed by atoms with E-state index in [2.05, 4.69) is 4.90 Å². The molecule has 616 valence electrons. The van der Waals surface area contributed by atoms with Crippen molar-refractivity contribution in [1.82, 2.24) is 14.7 Å². The monoisotopic (exact) mass is 1610 g/mol. The quantitative estimate of drug-likeness (QED) is 0.0189. The van der Waals surface area contributed by atoms with Gasteiger partial charge in [0.1, 0.15) is 90.7 Å². The Hall–Kier alpha value is -9.52. The van der Waals surface area contributed by atoms with Gasteiger partial charge in [-0.2, -0.15) is 8.42 Å². The highest BCUT2D eigenvalue weighted by Gasteiger charge is 2.56. The van der Waals surface area contributed by atoms with Gasteiger partial charge in [-0.25, -0.2) is 9.59 Å².